The van der Waals surface area contributed by atoms with Crippen molar-refractivity contribution >= 4 is 29.9 Å². The fourth-order valence-electron chi connectivity index (χ4n) is 3.27. The van der Waals surface area contributed by atoms with Gasteiger partial charge in [-0.05, 0) is 25.0 Å². The van der Waals surface area contributed by atoms with Crippen LogP contribution in [0.3, 0.4) is 0 Å². The second-order valence-electron chi connectivity index (χ2n) is 6.42. The van der Waals surface area contributed by atoms with Gasteiger partial charge in [0, 0.05) is 39.0 Å². The van der Waals surface area contributed by atoms with Crippen molar-refractivity contribution in [3.8, 4) is 0 Å². The molecule has 3 rings (SSSR count). The highest BCUT2D eigenvalue weighted by Crippen LogP contribution is 2.17. The molecule has 25 heavy (non-hydrogen) atoms. The normalized spacial score (nSPS) is 23.2. The summed E-state index contributed by atoms with van der Waals surface area (Å²) in [6.07, 6.45) is 2.40. The molecule has 6 nitrogen and oxygen atoms in total. The van der Waals surface area contributed by atoms with E-state index in [4.69, 9.17) is 4.74 Å². The molecule has 138 valence electrons. The number of nitrogens with one attached hydrogen (secondary N) is 1. The molecule has 7 heteroatoms. The van der Waals surface area contributed by atoms with Gasteiger partial charge in [-0.25, -0.2) is 0 Å². The molecule has 2 aliphatic rings. The third kappa shape index (κ3) is 4.93. The summed E-state index contributed by atoms with van der Waals surface area (Å²) in [5.74, 6) is -0.0578. The molecular formula is C18H26ClN3O3. The Morgan fingerprint density at radius 1 is 1.36 bits per heavy atom. The Hall–Kier alpha value is -1.63. The quantitative estimate of drug-likeness (QED) is 0.855. The van der Waals surface area contributed by atoms with Gasteiger partial charge in [-0.2, -0.15) is 0 Å². The predicted molar refractivity (Wildman–Crippen MR) is 99.1 cm³/mol. The summed E-state index contributed by atoms with van der Waals surface area (Å²) in [7, 11) is 1.75. The molecule has 2 atom stereocenters. The summed E-state index contributed by atoms with van der Waals surface area (Å²) < 4.78 is 5.63. The maximum absolute atomic E-state index is 12.6. The number of piperazine rings is 1. The number of hydrogen-bond acceptors (Lipinski definition) is 4. The van der Waals surface area contributed by atoms with Crippen LogP contribution in [0.1, 0.15) is 19.3 Å². The first-order valence-corrected chi connectivity index (χ1v) is 8.60. The molecule has 1 N–H and O–H groups in total. The fraction of sp³-hybridized carbons (Fsp3) is 0.556. The van der Waals surface area contributed by atoms with Gasteiger partial charge in [-0.1, -0.05) is 18.2 Å². The lowest BCUT2D eigenvalue weighted by Crippen LogP contribution is -2.57. The zero-order valence-electron chi connectivity index (χ0n) is 14.5. The zero-order valence-corrected chi connectivity index (χ0v) is 15.3. The van der Waals surface area contributed by atoms with Crippen LogP contribution in [0, 0.1) is 0 Å². The second kappa shape index (κ2) is 9.17. The molecule has 2 fully saturated rings. The topological polar surface area (TPSA) is 61.9 Å². The Morgan fingerprint density at radius 3 is 2.80 bits per heavy atom. The molecule has 2 aliphatic heterocycles. The van der Waals surface area contributed by atoms with Gasteiger partial charge in [0.1, 0.15) is 0 Å². The van der Waals surface area contributed by atoms with Crippen LogP contribution in [-0.4, -0.2) is 62.1 Å². The van der Waals surface area contributed by atoms with Gasteiger partial charge in [0.15, 0.2) is 0 Å². The van der Waals surface area contributed by atoms with Crippen LogP contribution in [0.25, 0.3) is 0 Å². The SMILES string of the molecule is CN(C(=O)CC1NCCN(CC2CCCO2)C1=O)c1ccccc1.Cl. The highest BCUT2D eigenvalue weighted by atomic mass is 35.5. The Kier molecular flexibility index (Phi) is 7.23. The van der Waals surface area contributed by atoms with Crippen molar-refractivity contribution in [2.75, 3.05) is 38.2 Å². The van der Waals surface area contributed by atoms with E-state index >= 15 is 0 Å². The monoisotopic (exact) mass is 367 g/mol. The maximum Gasteiger partial charge on any atom is 0.240 e. The summed E-state index contributed by atoms with van der Waals surface area (Å²) in [5, 5.41) is 3.18. The Labute approximate surface area is 154 Å². The summed E-state index contributed by atoms with van der Waals surface area (Å²) in [6, 6.07) is 9.03. The van der Waals surface area contributed by atoms with Crippen molar-refractivity contribution in [1.29, 1.82) is 0 Å². The molecule has 1 aromatic carbocycles. The van der Waals surface area contributed by atoms with Gasteiger partial charge < -0.3 is 19.9 Å². The number of benzene rings is 1. The minimum Gasteiger partial charge on any atom is -0.376 e. The number of ether oxygens (including phenoxy) is 1. The van der Waals surface area contributed by atoms with Gasteiger partial charge in [-0.15, -0.1) is 12.4 Å². The molecule has 1 aromatic rings. The summed E-state index contributed by atoms with van der Waals surface area (Å²) in [6.45, 7) is 2.82. The van der Waals surface area contributed by atoms with E-state index < -0.39 is 6.04 Å². The summed E-state index contributed by atoms with van der Waals surface area (Å²) in [5.41, 5.74) is 0.835. The van der Waals surface area contributed by atoms with Gasteiger partial charge in [0.25, 0.3) is 0 Å². The van der Waals surface area contributed by atoms with Gasteiger partial charge in [-0.3, -0.25) is 9.59 Å². The number of carbonyl (C=O) groups excluding carboxylic acids is 2. The Morgan fingerprint density at radius 2 is 2.12 bits per heavy atom. The number of carbonyl (C=O) groups is 2. The van der Waals surface area contributed by atoms with E-state index in [1.54, 1.807) is 11.9 Å². The number of halogens is 1. The first-order valence-electron chi connectivity index (χ1n) is 8.60. The smallest absolute Gasteiger partial charge is 0.240 e. The average Bonchev–Trinajstić information content (AvgIpc) is 3.11. The zero-order chi connectivity index (χ0) is 16.9. The molecule has 0 radical (unpaired) electrons. The van der Waals surface area contributed by atoms with Gasteiger partial charge in [0.2, 0.25) is 11.8 Å². The Balaban J connectivity index is 0.00000225. The van der Waals surface area contributed by atoms with Crippen molar-refractivity contribution in [2.45, 2.75) is 31.4 Å². The average molecular weight is 368 g/mol. The first kappa shape index (κ1) is 19.7. The third-order valence-corrected chi connectivity index (χ3v) is 4.73. The lowest BCUT2D eigenvalue weighted by molar-refractivity contribution is -0.139. The van der Waals surface area contributed by atoms with Crippen LogP contribution in [0.4, 0.5) is 5.69 Å². The summed E-state index contributed by atoms with van der Waals surface area (Å²) >= 11 is 0. The van der Waals surface area contributed by atoms with Crippen LogP contribution in [0.15, 0.2) is 30.3 Å². The van der Waals surface area contributed by atoms with Crippen LogP contribution in [0.2, 0.25) is 0 Å². The van der Waals surface area contributed by atoms with Crippen molar-refractivity contribution in [3.05, 3.63) is 30.3 Å². The number of amides is 2. The van der Waals surface area contributed by atoms with E-state index in [0.29, 0.717) is 19.6 Å². The van der Waals surface area contributed by atoms with E-state index in [1.165, 1.54) is 0 Å². The van der Waals surface area contributed by atoms with E-state index in [-0.39, 0.29) is 36.7 Å². The van der Waals surface area contributed by atoms with Crippen LogP contribution < -0.4 is 10.2 Å². The highest BCUT2D eigenvalue weighted by Gasteiger charge is 2.32. The number of anilines is 1. The molecule has 2 unspecified atom stereocenters. The van der Waals surface area contributed by atoms with E-state index in [9.17, 15) is 9.59 Å². The van der Waals surface area contributed by atoms with Crippen molar-refractivity contribution in [2.24, 2.45) is 0 Å². The Bertz CT molecular complexity index is 578. The largest absolute Gasteiger partial charge is 0.376 e. The lowest BCUT2D eigenvalue weighted by atomic mass is 10.1. The van der Waals surface area contributed by atoms with E-state index in [0.717, 1.165) is 25.1 Å². The third-order valence-electron chi connectivity index (χ3n) is 4.73. The van der Waals surface area contributed by atoms with Gasteiger partial charge >= 0.3 is 0 Å². The number of para-hydroxylation sites is 1. The summed E-state index contributed by atoms with van der Waals surface area (Å²) in [4.78, 5) is 28.6. The van der Waals surface area contributed by atoms with E-state index in [1.807, 2.05) is 35.2 Å². The number of nitrogens with zero attached hydrogens (tertiary/aromatic N) is 2. The minimum absolute atomic E-state index is 0. The van der Waals surface area contributed by atoms with Crippen LogP contribution in [-0.2, 0) is 14.3 Å². The molecule has 2 amide bonds. The van der Waals surface area contributed by atoms with Crippen LogP contribution >= 0.6 is 12.4 Å². The van der Waals surface area contributed by atoms with Crippen molar-refractivity contribution in [1.82, 2.24) is 10.2 Å². The fourth-order valence-corrected chi connectivity index (χ4v) is 3.27. The molecule has 0 saturated carbocycles. The van der Waals surface area contributed by atoms with Crippen molar-refractivity contribution in [3.63, 3.8) is 0 Å². The molecule has 0 spiro atoms. The first-order chi connectivity index (χ1) is 11.6. The maximum atomic E-state index is 12.6. The van der Waals surface area contributed by atoms with Crippen molar-refractivity contribution < 1.29 is 14.3 Å². The second-order valence-corrected chi connectivity index (χ2v) is 6.42. The molecule has 2 heterocycles. The van der Waals surface area contributed by atoms with E-state index in [2.05, 4.69) is 5.32 Å². The molecular weight excluding hydrogens is 342 g/mol. The van der Waals surface area contributed by atoms with Gasteiger partial charge in [0.05, 0.1) is 18.6 Å². The highest BCUT2D eigenvalue weighted by molar-refractivity contribution is 5.97. The molecule has 0 aliphatic carbocycles. The molecule has 0 bridgehead atoms. The minimum atomic E-state index is -0.446. The standard InChI is InChI=1S/C18H25N3O3.ClH/c1-20(14-6-3-2-4-7-14)17(22)12-16-18(23)21(10-9-19-16)13-15-8-5-11-24-15;/h2-4,6-7,15-16,19H,5,8-13H2,1H3;1H. The lowest BCUT2D eigenvalue weighted by Gasteiger charge is -2.34. The number of rotatable bonds is 5. The number of hydrogen-bond donors (Lipinski definition) is 1. The molecule has 2 saturated heterocycles. The van der Waals surface area contributed by atoms with Crippen LogP contribution in [0.5, 0.6) is 0 Å². The molecule has 0 aromatic heterocycles. The predicted octanol–water partition coefficient (Wildman–Crippen LogP) is 1.44.